The first-order valence-corrected chi connectivity index (χ1v) is 9.21. The lowest BCUT2D eigenvalue weighted by atomic mass is 9.99. The van der Waals surface area contributed by atoms with Crippen molar-refractivity contribution in [2.75, 3.05) is 26.2 Å². The first-order valence-electron chi connectivity index (χ1n) is 8.77. The number of carbonyl (C=O) groups excluding carboxylic acids is 2. The number of ether oxygens (including phenoxy) is 1. The Balaban J connectivity index is 2.68. The molecule has 24 heavy (non-hydrogen) atoms. The number of thiol groups is 1. The summed E-state index contributed by atoms with van der Waals surface area (Å²) in [4.78, 5) is 26.4. The van der Waals surface area contributed by atoms with Crippen LogP contribution in [-0.2, 0) is 14.3 Å². The maximum Gasteiger partial charge on any atom is 0.340 e. The summed E-state index contributed by atoms with van der Waals surface area (Å²) in [7, 11) is 0. The Labute approximate surface area is 150 Å². The molecule has 1 fully saturated rings. The first-order chi connectivity index (χ1) is 11.5. The van der Waals surface area contributed by atoms with Crippen LogP contribution in [0.5, 0.6) is 0 Å². The number of nitrogens with zero attached hydrogens (tertiary/aromatic N) is 1. The maximum atomic E-state index is 12.2. The lowest BCUT2D eigenvalue weighted by Crippen LogP contribution is -2.40. The second kappa shape index (κ2) is 11.3. The Hall–Kier alpha value is -1.27. The van der Waals surface area contributed by atoms with Crippen molar-refractivity contribution in [2.45, 2.75) is 46.5 Å². The van der Waals surface area contributed by atoms with E-state index < -0.39 is 5.97 Å². The molecule has 0 saturated carbocycles. The zero-order valence-corrected chi connectivity index (χ0v) is 15.9. The average Bonchev–Trinajstić information content (AvgIpc) is 2.53. The van der Waals surface area contributed by atoms with E-state index in [0.29, 0.717) is 6.54 Å². The summed E-state index contributed by atoms with van der Waals surface area (Å²) in [6.07, 6.45) is 7.63. The van der Waals surface area contributed by atoms with Crippen LogP contribution in [-0.4, -0.2) is 43.0 Å². The van der Waals surface area contributed by atoms with Crippen molar-refractivity contribution < 1.29 is 14.3 Å². The van der Waals surface area contributed by atoms with Gasteiger partial charge >= 0.3 is 5.97 Å². The first kappa shape index (κ1) is 20.8. The molecule has 1 saturated heterocycles. The van der Waals surface area contributed by atoms with Crippen LogP contribution >= 0.6 is 12.6 Å². The highest BCUT2D eigenvalue weighted by atomic mass is 32.1. The summed E-state index contributed by atoms with van der Waals surface area (Å²) in [5, 5.41) is 2.96. The number of unbranched alkanes of at least 4 members (excludes halogenated alkanes) is 1. The van der Waals surface area contributed by atoms with Gasteiger partial charge in [0.1, 0.15) is 0 Å². The van der Waals surface area contributed by atoms with Gasteiger partial charge in [-0.1, -0.05) is 26.3 Å². The molecule has 0 unspecified atom stereocenters. The van der Waals surface area contributed by atoms with Gasteiger partial charge in [-0.15, -0.1) is 12.6 Å². The number of amides is 1. The molecule has 0 aromatic heterocycles. The zero-order valence-electron chi connectivity index (χ0n) is 15.0. The predicted molar refractivity (Wildman–Crippen MR) is 99.7 cm³/mol. The molecule has 5 nitrogen and oxygen atoms in total. The van der Waals surface area contributed by atoms with Gasteiger partial charge in [0.25, 0.3) is 0 Å². The van der Waals surface area contributed by atoms with E-state index >= 15 is 0 Å². The molecule has 0 aliphatic carbocycles. The molecule has 6 heteroatoms. The molecule has 1 amide bonds. The van der Waals surface area contributed by atoms with Crippen LogP contribution in [0.3, 0.4) is 0 Å². The quantitative estimate of drug-likeness (QED) is 0.305. The lowest BCUT2D eigenvalue weighted by Gasteiger charge is -2.29. The van der Waals surface area contributed by atoms with Gasteiger partial charge in [-0.3, -0.25) is 9.69 Å². The standard InChI is InChI=1S/C18H30N2O3S/c1-4-6-7-8-15(18(22)23-5-2)17(24)19-16(21)13-20-11-9-14(3)10-12-20/h7-8,14,24H,4-6,9-13H2,1-3H3,(H,19,21)/b8-7+,17-15+. The van der Waals surface area contributed by atoms with Crippen LogP contribution in [0.4, 0.5) is 0 Å². The highest BCUT2D eigenvalue weighted by Gasteiger charge is 2.19. The SMILES string of the molecule is CCC/C=C/C(C(=O)OCC)=C(\S)NC(=O)CN1CCC(C)CC1. The van der Waals surface area contributed by atoms with Crippen LogP contribution in [0, 0.1) is 5.92 Å². The van der Waals surface area contributed by atoms with Crippen LogP contribution in [0.25, 0.3) is 0 Å². The van der Waals surface area contributed by atoms with E-state index in [0.717, 1.165) is 44.7 Å². The highest BCUT2D eigenvalue weighted by molar-refractivity contribution is 7.84. The molecule has 0 spiro atoms. The van der Waals surface area contributed by atoms with Gasteiger partial charge in [-0.2, -0.15) is 0 Å². The predicted octanol–water partition coefficient (Wildman–Crippen LogP) is 2.90. The minimum atomic E-state index is -0.470. The summed E-state index contributed by atoms with van der Waals surface area (Å²) in [6.45, 7) is 8.51. The van der Waals surface area contributed by atoms with Gasteiger partial charge < -0.3 is 10.1 Å². The number of nitrogens with one attached hydrogen (secondary N) is 1. The van der Waals surface area contributed by atoms with Crippen molar-refractivity contribution >= 4 is 24.5 Å². The van der Waals surface area contributed by atoms with E-state index in [1.807, 2.05) is 6.08 Å². The maximum absolute atomic E-state index is 12.2. The van der Waals surface area contributed by atoms with Gasteiger partial charge in [-0.05, 0) is 51.3 Å². The van der Waals surface area contributed by atoms with Gasteiger partial charge in [-0.25, -0.2) is 4.79 Å². The van der Waals surface area contributed by atoms with Crippen LogP contribution < -0.4 is 5.32 Å². The van der Waals surface area contributed by atoms with E-state index in [1.165, 1.54) is 0 Å². The number of carbonyl (C=O) groups is 2. The Morgan fingerprint density at radius 2 is 1.96 bits per heavy atom. The second-order valence-electron chi connectivity index (χ2n) is 6.18. The minimum absolute atomic E-state index is 0.153. The Bertz CT molecular complexity index is 481. The number of hydrogen-bond acceptors (Lipinski definition) is 5. The highest BCUT2D eigenvalue weighted by Crippen LogP contribution is 2.16. The van der Waals surface area contributed by atoms with Crippen molar-refractivity contribution in [3.8, 4) is 0 Å². The fraction of sp³-hybridized carbons (Fsp3) is 0.667. The number of piperidine rings is 1. The van der Waals surface area contributed by atoms with E-state index in [-0.39, 0.29) is 23.1 Å². The number of hydrogen-bond donors (Lipinski definition) is 2. The molecule has 1 aliphatic rings. The molecule has 1 rings (SSSR count). The summed E-state index contributed by atoms with van der Waals surface area (Å²) in [6, 6.07) is 0. The molecular weight excluding hydrogens is 324 g/mol. The van der Waals surface area contributed by atoms with E-state index in [2.05, 4.69) is 36.7 Å². The van der Waals surface area contributed by atoms with Gasteiger partial charge in [0.2, 0.25) is 5.91 Å². The van der Waals surface area contributed by atoms with E-state index in [9.17, 15) is 9.59 Å². The summed E-state index contributed by atoms with van der Waals surface area (Å²) in [5.74, 6) is 0.103. The van der Waals surface area contributed by atoms with Gasteiger partial charge in [0.05, 0.1) is 23.8 Å². The summed E-state index contributed by atoms with van der Waals surface area (Å²) < 4.78 is 5.04. The molecule has 1 aliphatic heterocycles. The van der Waals surface area contributed by atoms with Crippen molar-refractivity contribution in [2.24, 2.45) is 5.92 Å². The normalized spacial score (nSPS) is 17.7. The summed E-state index contributed by atoms with van der Waals surface area (Å²) in [5.41, 5.74) is 0.286. The van der Waals surface area contributed by atoms with Crippen LogP contribution in [0.1, 0.15) is 46.5 Å². The fourth-order valence-corrected chi connectivity index (χ4v) is 2.77. The lowest BCUT2D eigenvalue weighted by molar-refractivity contribution is -0.138. The Morgan fingerprint density at radius 1 is 1.29 bits per heavy atom. The van der Waals surface area contributed by atoms with Crippen LogP contribution in [0.2, 0.25) is 0 Å². The Kier molecular flexibility index (Phi) is 9.79. The molecule has 0 atom stereocenters. The molecular formula is C18H30N2O3S. The van der Waals surface area contributed by atoms with Gasteiger partial charge in [0.15, 0.2) is 0 Å². The molecule has 0 radical (unpaired) electrons. The number of rotatable bonds is 8. The fourth-order valence-electron chi connectivity index (χ4n) is 2.48. The number of allylic oxidation sites excluding steroid dienone is 1. The Morgan fingerprint density at radius 3 is 2.54 bits per heavy atom. The zero-order chi connectivity index (χ0) is 17.9. The average molecular weight is 355 g/mol. The molecule has 0 aromatic carbocycles. The van der Waals surface area contributed by atoms with E-state index in [1.54, 1.807) is 13.0 Å². The van der Waals surface area contributed by atoms with Crippen molar-refractivity contribution in [3.63, 3.8) is 0 Å². The van der Waals surface area contributed by atoms with E-state index in [4.69, 9.17) is 4.74 Å². The molecule has 0 bridgehead atoms. The minimum Gasteiger partial charge on any atom is -0.462 e. The second-order valence-corrected chi connectivity index (χ2v) is 6.63. The molecule has 0 aromatic rings. The van der Waals surface area contributed by atoms with Crippen molar-refractivity contribution in [1.82, 2.24) is 10.2 Å². The third kappa shape index (κ3) is 7.53. The molecule has 1 N–H and O–H groups in total. The monoisotopic (exact) mass is 354 g/mol. The molecule has 136 valence electrons. The number of esters is 1. The third-order valence-electron chi connectivity index (χ3n) is 3.99. The van der Waals surface area contributed by atoms with Crippen molar-refractivity contribution in [3.05, 3.63) is 22.8 Å². The molecule has 1 heterocycles. The van der Waals surface area contributed by atoms with Crippen LogP contribution in [0.15, 0.2) is 22.8 Å². The van der Waals surface area contributed by atoms with Crippen molar-refractivity contribution in [1.29, 1.82) is 0 Å². The summed E-state index contributed by atoms with van der Waals surface area (Å²) >= 11 is 4.31. The third-order valence-corrected chi connectivity index (χ3v) is 4.34. The topological polar surface area (TPSA) is 58.6 Å². The van der Waals surface area contributed by atoms with Gasteiger partial charge in [0, 0.05) is 0 Å². The number of likely N-dealkylation sites (tertiary alicyclic amines) is 1. The smallest absolute Gasteiger partial charge is 0.340 e. The largest absolute Gasteiger partial charge is 0.462 e.